The third-order valence-corrected chi connectivity index (χ3v) is 5.04. The molecule has 1 N–H and O–H groups in total. The van der Waals surface area contributed by atoms with Crippen molar-refractivity contribution in [3.63, 3.8) is 0 Å². The highest BCUT2D eigenvalue weighted by atomic mass is 35.5. The molecule has 1 aliphatic heterocycles. The van der Waals surface area contributed by atoms with Gasteiger partial charge in [-0.2, -0.15) is 5.10 Å². The number of aryl methyl sites for hydroxylation is 2. The van der Waals surface area contributed by atoms with Crippen LogP contribution in [0.5, 0.6) is 0 Å². The topological polar surface area (TPSA) is 50.2 Å². The highest BCUT2D eigenvalue weighted by Crippen LogP contribution is 2.24. The number of rotatable bonds is 4. The highest BCUT2D eigenvalue weighted by molar-refractivity contribution is 5.85. The monoisotopic (exact) mass is 416 g/mol. The SMILES string of the molecule is Cc1nn(C)c(C)c1CCC(=O)N1CCNCC1c1cccc(F)c1.Cl.Cl. The summed E-state index contributed by atoms with van der Waals surface area (Å²) in [5, 5.41) is 7.72. The molecule has 0 spiro atoms. The zero-order valence-electron chi connectivity index (χ0n) is 15.9. The predicted molar refractivity (Wildman–Crippen MR) is 109 cm³/mol. The van der Waals surface area contributed by atoms with Crippen molar-refractivity contribution in [1.29, 1.82) is 0 Å². The predicted octanol–water partition coefficient (Wildman–Crippen LogP) is 3.13. The molecule has 1 saturated heterocycles. The molecule has 5 nitrogen and oxygen atoms in total. The summed E-state index contributed by atoms with van der Waals surface area (Å²) in [6.45, 7) is 6.07. The maximum atomic E-state index is 13.6. The van der Waals surface area contributed by atoms with Crippen LogP contribution in [-0.4, -0.2) is 40.2 Å². The number of piperazine rings is 1. The number of carbonyl (C=O) groups excluding carboxylic acids is 1. The molecule has 1 aromatic heterocycles. The number of aromatic nitrogens is 2. The molecule has 150 valence electrons. The highest BCUT2D eigenvalue weighted by Gasteiger charge is 2.28. The Morgan fingerprint density at radius 2 is 2.07 bits per heavy atom. The van der Waals surface area contributed by atoms with Crippen LogP contribution >= 0.6 is 24.8 Å². The van der Waals surface area contributed by atoms with Gasteiger partial charge in [-0.1, -0.05) is 12.1 Å². The summed E-state index contributed by atoms with van der Waals surface area (Å²) in [6, 6.07) is 6.42. The molecule has 8 heteroatoms. The van der Waals surface area contributed by atoms with E-state index in [9.17, 15) is 9.18 Å². The largest absolute Gasteiger partial charge is 0.333 e. The fourth-order valence-electron chi connectivity index (χ4n) is 3.57. The van der Waals surface area contributed by atoms with Crippen LogP contribution in [0.15, 0.2) is 24.3 Å². The first kappa shape index (κ1) is 23.4. The van der Waals surface area contributed by atoms with Crippen LogP contribution in [0.1, 0.15) is 35.0 Å². The minimum Gasteiger partial charge on any atom is -0.333 e. The molecular formula is C19H27Cl2FN4O. The minimum absolute atomic E-state index is 0. The van der Waals surface area contributed by atoms with Crippen LogP contribution in [0.4, 0.5) is 4.39 Å². The summed E-state index contributed by atoms with van der Waals surface area (Å²) in [7, 11) is 1.92. The molecule has 27 heavy (non-hydrogen) atoms. The molecule has 3 rings (SSSR count). The second-order valence-electron chi connectivity index (χ2n) is 6.64. The third kappa shape index (κ3) is 5.21. The molecule has 1 fully saturated rings. The smallest absolute Gasteiger partial charge is 0.223 e. The van der Waals surface area contributed by atoms with Crippen LogP contribution in [0.25, 0.3) is 0 Å². The van der Waals surface area contributed by atoms with Gasteiger partial charge in [0.05, 0.1) is 11.7 Å². The standard InChI is InChI=1S/C19H25FN4O.2ClH/c1-13-17(14(2)23(3)22-13)7-8-19(25)24-10-9-21-12-18(24)15-5-4-6-16(20)11-15;;/h4-6,11,18,21H,7-10,12H2,1-3H3;2*1H. The Morgan fingerprint density at radius 1 is 1.33 bits per heavy atom. The Kier molecular flexibility index (Phi) is 8.72. The Hall–Kier alpha value is -1.63. The number of amides is 1. The first-order valence-electron chi connectivity index (χ1n) is 8.72. The van der Waals surface area contributed by atoms with Crippen molar-refractivity contribution in [1.82, 2.24) is 20.0 Å². The lowest BCUT2D eigenvalue weighted by atomic mass is 10.0. The molecular weight excluding hydrogens is 390 g/mol. The molecule has 2 heterocycles. The van der Waals surface area contributed by atoms with Crippen LogP contribution < -0.4 is 5.32 Å². The number of hydrogen-bond donors (Lipinski definition) is 1. The summed E-state index contributed by atoms with van der Waals surface area (Å²) in [4.78, 5) is 14.7. The van der Waals surface area contributed by atoms with E-state index >= 15 is 0 Å². The van der Waals surface area contributed by atoms with Gasteiger partial charge in [0.25, 0.3) is 0 Å². The van der Waals surface area contributed by atoms with E-state index in [4.69, 9.17) is 0 Å². The Bertz CT molecular complexity index is 781. The molecule has 1 unspecified atom stereocenters. The second-order valence-corrected chi connectivity index (χ2v) is 6.64. The number of hydrogen-bond acceptors (Lipinski definition) is 3. The Morgan fingerprint density at radius 3 is 2.70 bits per heavy atom. The molecule has 1 atom stereocenters. The quantitative estimate of drug-likeness (QED) is 0.832. The lowest BCUT2D eigenvalue weighted by molar-refractivity contribution is -0.134. The summed E-state index contributed by atoms with van der Waals surface area (Å²) in [6.07, 6.45) is 1.13. The molecule has 1 aromatic carbocycles. The third-order valence-electron chi connectivity index (χ3n) is 5.04. The van der Waals surface area contributed by atoms with Crippen molar-refractivity contribution in [3.8, 4) is 0 Å². The number of benzene rings is 1. The Labute approximate surface area is 172 Å². The van der Waals surface area contributed by atoms with Gasteiger partial charge in [-0.15, -0.1) is 24.8 Å². The second kappa shape index (κ2) is 10.1. The van der Waals surface area contributed by atoms with E-state index in [1.54, 1.807) is 6.07 Å². The lowest BCUT2D eigenvalue weighted by Crippen LogP contribution is -2.48. The van der Waals surface area contributed by atoms with E-state index in [0.29, 0.717) is 25.9 Å². The van der Waals surface area contributed by atoms with Gasteiger partial charge in [0, 0.05) is 38.8 Å². The first-order chi connectivity index (χ1) is 12.0. The van der Waals surface area contributed by atoms with Crippen molar-refractivity contribution in [3.05, 3.63) is 52.6 Å². The maximum absolute atomic E-state index is 13.6. The van der Waals surface area contributed by atoms with Crippen molar-refractivity contribution in [2.75, 3.05) is 19.6 Å². The molecule has 0 bridgehead atoms. The Balaban J connectivity index is 0.00000182. The lowest BCUT2D eigenvalue weighted by Gasteiger charge is -2.36. The van der Waals surface area contributed by atoms with Crippen molar-refractivity contribution >= 4 is 30.7 Å². The van der Waals surface area contributed by atoms with Gasteiger partial charge in [-0.3, -0.25) is 9.48 Å². The minimum atomic E-state index is -0.267. The summed E-state index contributed by atoms with van der Waals surface area (Å²) in [5.41, 5.74) is 4.07. The maximum Gasteiger partial charge on any atom is 0.223 e. The average molecular weight is 417 g/mol. The van der Waals surface area contributed by atoms with E-state index in [2.05, 4.69) is 10.4 Å². The van der Waals surface area contributed by atoms with Crippen molar-refractivity contribution in [2.45, 2.75) is 32.7 Å². The molecule has 0 aliphatic carbocycles. The van der Waals surface area contributed by atoms with Gasteiger partial charge in [-0.25, -0.2) is 4.39 Å². The number of nitrogens with zero attached hydrogens (tertiary/aromatic N) is 3. The summed E-state index contributed by atoms with van der Waals surface area (Å²) in [5.74, 6) is -0.157. The normalized spacial score (nSPS) is 16.4. The van der Waals surface area contributed by atoms with E-state index in [-0.39, 0.29) is 42.6 Å². The fraction of sp³-hybridized carbons (Fsp3) is 0.474. The van der Waals surface area contributed by atoms with Crippen molar-refractivity contribution < 1.29 is 9.18 Å². The van der Waals surface area contributed by atoms with E-state index in [1.807, 2.05) is 36.5 Å². The van der Waals surface area contributed by atoms with Crippen LogP contribution in [-0.2, 0) is 18.3 Å². The zero-order valence-corrected chi connectivity index (χ0v) is 17.5. The number of nitrogens with one attached hydrogen (secondary N) is 1. The van der Waals surface area contributed by atoms with Crippen LogP contribution in [0.2, 0.25) is 0 Å². The van der Waals surface area contributed by atoms with Gasteiger partial charge in [0.1, 0.15) is 5.82 Å². The molecule has 1 aliphatic rings. The van der Waals surface area contributed by atoms with E-state index in [1.165, 1.54) is 12.1 Å². The van der Waals surface area contributed by atoms with Gasteiger partial charge in [0.2, 0.25) is 5.91 Å². The summed E-state index contributed by atoms with van der Waals surface area (Å²) < 4.78 is 15.4. The first-order valence-corrected chi connectivity index (χ1v) is 8.72. The fourth-order valence-corrected chi connectivity index (χ4v) is 3.57. The van der Waals surface area contributed by atoms with Gasteiger partial charge in [-0.05, 0) is 43.5 Å². The molecule has 0 radical (unpaired) electrons. The van der Waals surface area contributed by atoms with Crippen molar-refractivity contribution in [2.24, 2.45) is 7.05 Å². The molecule has 2 aromatic rings. The van der Waals surface area contributed by atoms with Crippen LogP contribution in [0.3, 0.4) is 0 Å². The van der Waals surface area contributed by atoms with E-state index in [0.717, 1.165) is 29.1 Å². The number of halogens is 3. The molecule has 0 saturated carbocycles. The number of carbonyl (C=O) groups is 1. The van der Waals surface area contributed by atoms with Crippen LogP contribution in [0, 0.1) is 19.7 Å². The average Bonchev–Trinajstić information content (AvgIpc) is 2.85. The molecule has 1 amide bonds. The van der Waals surface area contributed by atoms with Gasteiger partial charge in [0.15, 0.2) is 0 Å². The van der Waals surface area contributed by atoms with E-state index < -0.39 is 0 Å². The zero-order chi connectivity index (χ0) is 18.0. The van der Waals surface area contributed by atoms with Gasteiger partial charge < -0.3 is 10.2 Å². The summed E-state index contributed by atoms with van der Waals surface area (Å²) >= 11 is 0. The van der Waals surface area contributed by atoms with Gasteiger partial charge >= 0.3 is 0 Å².